The summed E-state index contributed by atoms with van der Waals surface area (Å²) >= 11 is 0. The Balaban J connectivity index is 1.72. The monoisotopic (exact) mass is 482 g/mol. The van der Waals surface area contributed by atoms with Gasteiger partial charge in [0, 0.05) is 27.0 Å². The van der Waals surface area contributed by atoms with Gasteiger partial charge >= 0.3 is 0 Å². The summed E-state index contributed by atoms with van der Waals surface area (Å²) in [6, 6.07) is 49.3. The SMILES string of the molecule is c1ccc(P(=NN=C2c3ccccc3CCc3ccccc32)(c2ccccc2)c2ccccc2)cc1. The first-order valence-corrected chi connectivity index (χ1v) is 14.1. The Kier molecular flexibility index (Phi) is 6.20. The number of rotatable bonds is 4. The smallest absolute Gasteiger partial charge is 0.101 e. The summed E-state index contributed by atoms with van der Waals surface area (Å²) in [7, 11) is -2.42. The van der Waals surface area contributed by atoms with E-state index >= 15 is 0 Å². The van der Waals surface area contributed by atoms with Gasteiger partial charge in [0.15, 0.2) is 0 Å². The van der Waals surface area contributed by atoms with Crippen LogP contribution in [-0.4, -0.2) is 5.71 Å². The van der Waals surface area contributed by atoms with Crippen molar-refractivity contribution in [2.75, 3.05) is 0 Å². The van der Waals surface area contributed by atoms with E-state index < -0.39 is 7.05 Å². The first-order chi connectivity index (χ1) is 17.9. The average molecular weight is 483 g/mol. The molecule has 0 aliphatic heterocycles. The highest BCUT2D eigenvalue weighted by atomic mass is 31.2. The topological polar surface area (TPSA) is 24.7 Å². The predicted octanol–water partition coefficient (Wildman–Crippen LogP) is 6.72. The molecule has 0 spiro atoms. The second kappa shape index (κ2) is 9.93. The molecule has 0 bridgehead atoms. The van der Waals surface area contributed by atoms with E-state index in [1.165, 1.54) is 38.2 Å². The molecule has 6 rings (SSSR count). The molecule has 0 atom stereocenters. The van der Waals surface area contributed by atoms with E-state index in [0.717, 1.165) is 18.6 Å². The van der Waals surface area contributed by atoms with Crippen LogP contribution in [0.5, 0.6) is 0 Å². The highest BCUT2D eigenvalue weighted by molar-refractivity contribution is 7.87. The van der Waals surface area contributed by atoms with Crippen molar-refractivity contribution in [1.82, 2.24) is 0 Å². The minimum absolute atomic E-state index is 0.964. The van der Waals surface area contributed by atoms with Gasteiger partial charge in [-0.3, -0.25) is 0 Å². The first-order valence-electron chi connectivity index (χ1n) is 12.4. The lowest BCUT2D eigenvalue weighted by Gasteiger charge is -2.25. The van der Waals surface area contributed by atoms with E-state index in [4.69, 9.17) is 9.96 Å². The zero-order valence-electron chi connectivity index (χ0n) is 20.0. The molecule has 0 aromatic heterocycles. The lowest BCUT2D eigenvalue weighted by atomic mass is 9.98. The molecule has 36 heavy (non-hydrogen) atoms. The van der Waals surface area contributed by atoms with Crippen molar-refractivity contribution in [2.45, 2.75) is 12.8 Å². The zero-order valence-corrected chi connectivity index (χ0v) is 20.9. The fourth-order valence-electron chi connectivity index (χ4n) is 5.11. The number of nitrogens with zero attached hydrogens (tertiary/aromatic N) is 2. The van der Waals surface area contributed by atoms with Gasteiger partial charge in [0.05, 0.1) is 7.05 Å². The molecular formula is C33H27N2P. The maximum absolute atomic E-state index is 5.43. The molecule has 5 aromatic rings. The van der Waals surface area contributed by atoms with Crippen molar-refractivity contribution in [1.29, 1.82) is 0 Å². The van der Waals surface area contributed by atoms with Crippen LogP contribution in [0.2, 0.25) is 0 Å². The van der Waals surface area contributed by atoms with Gasteiger partial charge in [-0.15, -0.1) is 0 Å². The highest BCUT2D eigenvalue weighted by Crippen LogP contribution is 2.46. The molecule has 0 N–H and O–H groups in total. The van der Waals surface area contributed by atoms with Crippen LogP contribution >= 0.6 is 7.05 Å². The van der Waals surface area contributed by atoms with Crippen molar-refractivity contribution in [2.24, 2.45) is 9.96 Å². The third-order valence-electron chi connectivity index (χ3n) is 6.88. The Morgan fingerprint density at radius 3 is 1.19 bits per heavy atom. The summed E-state index contributed by atoms with van der Waals surface area (Å²) in [6.07, 6.45) is 2.01. The molecule has 0 radical (unpaired) electrons. The summed E-state index contributed by atoms with van der Waals surface area (Å²) in [5.41, 5.74) is 5.97. The third kappa shape index (κ3) is 4.04. The van der Waals surface area contributed by atoms with Gasteiger partial charge < -0.3 is 0 Å². The van der Waals surface area contributed by atoms with Crippen LogP contribution < -0.4 is 15.9 Å². The number of fused-ring (bicyclic) bond motifs is 2. The van der Waals surface area contributed by atoms with Gasteiger partial charge in [-0.05, 0) is 24.0 Å². The standard InChI is InChI=1S/C33H27N2P/c1-4-16-28(17-5-1)36(29-18-6-2-7-19-29,30-20-8-3-9-21-30)35-34-33-31-22-12-10-14-26(31)24-25-27-15-11-13-23-32(27)33/h1-23H,24-25H2. The zero-order chi connectivity index (χ0) is 24.2. The summed E-state index contributed by atoms with van der Waals surface area (Å²) in [5.74, 6) is 0. The van der Waals surface area contributed by atoms with E-state index in [-0.39, 0.29) is 0 Å². The predicted molar refractivity (Wildman–Crippen MR) is 154 cm³/mol. The van der Waals surface area contributed by atoms with E-state index in [1.54, 1.807) is 0 Å². The largest absolute Gasteiger partial charge is 0.158 e. The molecule has 1 aliphatic carbocycles. The van der Waals surface area contributed by atoms with Crippen LogP contribution in [0, 0.1) is 0 Å². The summed E-state index contributed by atoms with van der Waals surface area (Å²) < 4.78 is 0. The van der Waals surface area contributed by atoms with Crippen LogP contribution in [0.3, 0.4) is 0 Å². The van der Waals surface area contributed by atoms with Gasteiger partial charge in [0.25, 0.3) is 0 Å². The Bertz CT molecular complexity index is 1420. The molecule has 0 unspecified atom stereocenters. The van der Waals surface area contributed by atoms with Crippen LogP contribution in [0.1, 0.15) is 22.3 Å². The van der Waals surface area contributed by atoms with Crippen LogP contribution in [-0.2, 0) is 12.8 Å². The Morgan fingerprint density at radius 2 is 0.778 bits per heavy atom. The van der Waals surface area contributed by atoms with Gasteiger partial charge in [-0.1, -0.05) is 140 Å². The molecule has 174 valence electrons. The maximum Gasteiger partial charge on any atom is 0.101 e. The van der Waals surface area contributed by atoms with Crippen molar-refractivity contribution in [3.63, 3.8) is 0 Å². The fourth-order valence-corrected chi connectivity index (χ4v) is 8.34. The first kappa shape index (κ1) is 22.5. The molecule has 0 fully saturated rings. The molecule has 1 aliphatic rings. The summed E-state index contributed by atoms with van der Waals surface area (Å²) in [6.45, 7) is 0. The minimum atomic E-state index is -2.42. The van der Waals surface area contributed by atoms with Crippen molar-refractivity contribution in [3.05, 3.63) is 162 Å². The van der Waals surface area contributed by atoms with Gasteiger partial charge in [-0.25, -0.2) is 0 Å². The number of benzene rings is 5. The van der Waals surface area contributed by atoms with E-state index in [9.17, 15) is 0 Å². The second-order valence-corrected chi connectivity index (χ2v) is 12.0. The maximum atomic E-state index is 5.43. The van der Waals surface area contributed by atoms with Crippen LogP contribution in [0.15, 0.2) is 149 Å². The quantitative estimate of drug-likeness (QED) is 0.201. The second-order valence-electron chi connectivity index (χ2n) is 8.99. The fraction of sp³-hybridized carbons (Fsp3) is 0.0606. The van der Waals surface area contributed by atoms with Gasteiger partial charge in [0.1, 0.15) is 5.71 Å². The molecule has 0 heterocycles. The molecular weight excluding hydrogens is 455 g/mol. The summed E-state index contributed by atoms with van der Waals surface area (Å²) in [4.78, 5) is 5.43. The normalized spacial score (nSPS) is 12.7. The molecule has 0 amide bonds. The van der Waals surface area contributed by atoms with Crippen molar-refractivity contribution in [3.8, 4) is 0 Å². The summed E-state index contributed by atoms with van der Waals surface area (Å²) in [5, 5.41) is 8.81. The Labute approximate surface area is 213 Å². The average Bonchev–Trinajstić information content (AvgIpc) is 3.12. The lowest BCUT2D eigenvalue weighted by Crippen LogP contribution is -2.25. The minimum Gasteiger partial charge on any atom is -0.158 e. The van der Waals surface area contributed by atoms with Crippen molar-refractivity contribution >= 4 is 28.7 Å². The molecule has 2 nitrogen and oxygen atoms in total. The van der Waals surface area contributed by atoms with Crippen LogP contribution in [0.25, 0.3) is 0 Å². The van der Waals surface area contributed by atoms with Gasteiger partial charge in [-0.2, -0.15) is 9.96 Å². The highest BCUT2D eigenvalue weighted by Gasteiger charge is 2.28. The molecule has 0 saturated heterocycles. The van der Waals surface area contributed by atoms with Crippen LogP contribution in [0.4, 0.5) is 0 Å². The molecule has 3 heteroatoms. The van der Waals surface area contributed by atoms with E-state index in [0.29, 0.717) is 0 Å². The number of hydrogen-bond donors (Lipinski definition) is 0. The molecule has 0 saturated carbocycles. The Morgan fingerprint density at radius 1 is 0.417 bits per heavy atom. The number of hydrogen-bond acceptors (Lipinski definition) is 1. The number of aryl methyl sites for hydroxylation is 2. The third-order valence-corrected chi connectivity index (χ3v) is 10.4. The van der Waals surface area contributed by atoms with Crippen molar-refractivity contribution < 1.29 is 0 Å². The lowest BCUT2D eigenvalue weighted by molar-refractivity contribution is 0.965. The van der Waals surface area contributed by atoms with E-state index in [1.807, 2.05) is 0 Å². The Hall–Kier alpha value is -4.00. The molecule has 5 aromatic carbocycles. The van der Waals surface area contributed by atoms with E-state index in [2.05, 4.69) is 140 Å². The van der Waals surface area contributed by atoms with Gasteiger partial charge in [0.2, 0.25) is 0 Å².